The summed E-state index contributed by atoms with van der Waals surface area (Å²) in [5, 5.41) is 3.04. The molecule has 0 aromatic rings. The third-order valence-electron chi connectivity index (χ3n) is 4.53. The number of nitrogens with one attached hydrogen (secondary N) is 1. The van der Waals surface area contributed by atoms with Crippen LogP contribution < -0.4 is 11.1 Å². The summed E-state index contributed by atoms with van der Waals surface area (Å²) in [6.07, 6.45) is 4.29. The van der Waals surface area contributed by atoms with Gasteiger partial charge in [0.1, 0.15) is 0 Å². The summed E-state index contributed by atoms with van der Waals surface area (Å²) in [6.45, 7) is 5.27. The minimum atomic E-state index is -0.568. The van der Waals surface area contributed by atoms with E-state index in [0.717, 1.165) is 38.5 Å². The Morgan fingerprint density at radius 2 is 2.00 bits per heavy atom. The minimum Gasteiger partial charge on any atom is -0.368 e. The molecule has 5 nitrogen and oxygen atoms in total. The molecule has 19 heavy (non-hydrogen) atoms. The van der Waals surface area contributed by atoms with Crippen LogP contribution in [0.4, 0.5) is 0 Å². The summed E-state index contributed by atoms with van der Waals surface area (Å²) < 4.78 is 0. The third-order valence-corrected chi connectivity index (χ3v) is 4.53. The number of likely N-dealkylation sites (N-methyl/N-ethyl adjacent to an activating group) is 1. The van der Waals surface area contributed by atoms with E-state index in [9.17, 15) is 4.79 Å². The summed E-state index contributed by atoms with van der Waals surface area (Å²) in [5.41, 5.74) is 4.86. The van der Waals surface area contributed by atoms with E-state index in [1.807, 2.05) is 6.92 Å². The van der Waals surface area contributed by atoms with Gasteiger partial charge in [-0.3, -0.25) is 4.79 Å². The van der Waals surface area contributed by atoms with Crippen LogP contribution >= 0.6 is 0 Å². The molecule has 1 heterocycles. The standard InChI is InChI=1S/C14H30N4O/c1-14(16-2,13(15)19)8-5-9-18-10-6-12(7-11-18)17(3)4/h12,16H,5-11H2,1-4H3,(H2,15,19). The molecule has 0 aromatic carbocycles. The fourth-order valence-corrected chi connectivity index (χ4v) is 2.69. The van der Waals surface area contributed by atoms with Crippen LogP contribution in [0.2, 0.25) is 0 Å². The second-order valence-corrected chi connectivity index (χ2v) is 6.09. The lowest BCUT2D eigenvalue weighted by Crippen LogP contribution is -2.51. The van der Waals surface area contributed by atoms with Crippen LogP contribution in [0.1, 0.15) is 32.6 Å². The Balaban J connectivity index is 2.26. The largest absolute Gasteiger partial charge is 0.368 e. The average Bonchev–Trinajstić information content (AvgIpc) is 2.38. The van der Waals surface area contributed by atoms with Crippen molar-refractivity contribution in [3.05, 3.63) is 0 Å². The van der Waals surface area contributed by atoms with Crippen molar-refractivity contribution >= 4 is 5.91 Å². The van der Waals surface area contributed by atoms with Crippen molar-refractivity contribution in [1.82, 2.24) is 15.1 Å². The van der Waals surface area contributed by atoms with Crippen LogP contribution in [0.5, 0.6) is 0 Å². The quantitative estimate of drug-likeness (QED) is 0.696. The first-order chi connectivity index (χ1) is 8.89. The highest BCUT2D eigenvalue weighted by atomic mass is 16.1. The van der Waals surface area contributed by atoms with Crippen molar-refractivity contribution in [1.29, 1.82) is 0 Å². The lowest BCUT2D eigenvalue weighted by molar-refractivity contribution is -0.123. The lowest BCUT2D eigenvalue weighted by Gasteiger charge is -2.35. The molecule has 1 atom stereocenters. The van der Waals surface area contributed by atoms with Crippen molar-refractivity contribution in [2.45, 2.75) is 44.2 Å². The molecule has 0 saturated carbocycles. The number of piperidine rings is 1. The van der Waals surface area contributed by atoms with E-state index in [2.05, 4.69) is 29.2 Å². The Labute approximate surface area is 117 Å². The zero-order chi connectivity index (χ0) is 14.5. The number of carbonyl (C=O) groups is 1. The molecule has 1 aliphatic heterocycles. The van der Waals surface area contributed by atoms with Crippen LogP contribution in [0, 0.1) is 0 Å². The second-order valence-electron chi connectivity index (χ2n) is 6.09. The highest BCUT2D eigenvalue weighted by molar-refractivity contribution is 5.84. The number of primary amides is 1. The molecule has 1 amide bonds. The van der Waals surface area contributed by atoms with Gasteiger partial charge in [-0.05, 0) is 73.4 Å². The number of nitrogens with zero attached hydrogens (tertiary/aromatic N) is 2. The van der Waals surface area contributed by atoms with E-state index >= 15 is 0 Å². The van der Waals surface area contributed by atoms with Crippen LogP contribution in [-0.2, 0) is 4.79 Å². The van der Waals surface area contributed by atoms with E-state index in [4.69, 9.17) is 5.73 Å². The van der Waals surface area contributed by atoms with Crippen molar-refractivity contribution in [3.8, 4) is 0 Å². The van der Waals surface area contributed by atoms with E-state index in [0.29, 0.717) is 0 Å². The number of amides is 1. The normalized spacial score (nSPS) is 21.5. The number of nitrogens with two attached hydrogens (primary N) is 1. The topological polar surface area (TPSA) is 61.6 Å². The molecule has 1 rings (SSSR count). The van der Waals surface area contributed by atoms with Gasteiger partial charge in [0, 0.05) is 6.04 Å². The first-order valence-corrected chi connectivity index (χ1v) is 7.26. The molecular weight excluding hydrogens is 240 g/mol. The summed E-state index contributed by atoms with van der Waals surface area (Å²) in [5.74, 6) is -0.263. The Morgan fingerprint density at radius 1 is 1.42 bits per heavy atom. The Morgan fingerprint density at radius 3 is 2.42 bits per heavy atom. The maximum atomic E-state index is 11.4. The van der Waals surface area contributed by atoms with Gasteiger partial charge in [-0.2, -0.15) is 0 Å². The van der Waals surface area contributed by atoms with Gasteiger partial charge in [0.15, 0.2) is 0 Å². The van der Waals surface area contributed by atoms with E-state index in [1.165, 1.54) is 12.8 Å². The Kier molecular flexibility index (Phi) is 6.23. The molecular formula is C14H30N4O. The van der Waals surface area contributed by atoms with Gasteiger partial charge in [-0.25, -0.2) is 0 Å². The summed E-state index contributed by atoms with van der Waals surface area (Å²) in [7, 11) is 6.12. The molecule has 0 spiro atoms. The Bertz CT molecular complexity index is 287. The van der Waals surface area contributed by atoms with E-state index in [1.54, 1.807) is 7.05 Å². The first kappa shape index (κ1) is 16.4. The SMILES string of the molecule is CNC(C)(CCCN1CCC(N(C)C)CC1)C(N)=O. The second kappa shape index (κ2) is 7.22. The Hall–Kier alpha value is -0.650. The van der Waals surface area contributed by atoms with Crippen LogP contribution in [0.3, 0.4) is 0 Å². The van der Waals surface area contributed by atoms with E-state index in [-0.39, 0.29) is 5.91 Å². The smallest absolute Gasteiger partial charge is 0.237 e. The fourth-order valence-electron chi connectivity index (χ4n) is 2.69. The maximum absolute atomic E-state index is 11.4. The highest BCUT2D eigenvalue weighted by Gasteiger charge is 2.28. The van der Waals surface area contributed by atoms with Crippen molar-refractivity contribution in [3.63, 3.8) is 0 Å². The van der Waals surface area contributed by atoms with Gasteiger partial charge < -0.3 is 20.9 Å². The lowest BCUT2D eigenvalue weighted by atomic mass is 9.94. The predicted octanol–water partition coefficient (Wildman–Crippen LogP) is 0.256. The molecule has 0 aliphatic carbocycles. The molecule has 1 fully saturated rings. The first-order valence-electron chi connectivity index (χ1n) is 7.26. The molecule has 3 N–H and O–H groups in total. The van der Waals surface area contributed by atoms with Gasteiger partial charge in [0.05, 0.1) is 5.54 Å². The number of rotatable bonds is 7. The molecule has 112 valence electrons. The molecule has 5 heteroatoms. The van der Waals surface area contributed by atoms with E-state index < -0.39 is 5.54 Å². The monoisotopic (exact) mass is 270 g/mol. The number of likely N-dealkylation sites (tertiary alicyclic amines) is 1. The predicted molar refractivity (Wildman–Crippen MR) is 79.0 cm³/mol. The third kappa shape index (κ3) is 4.75. The summed E-state index contributed by atoms with van der Waals surface area (Å²) >= 11 is 0. The number of hydrogen-bond donors (Lipinski definition) is 2. The summed E-state index contributed by atoms with van der Waals surface area (Å²) in [6, 6.07) is 0.726. The zero-order valence-corrected chi connectivity index (χ0v) is 12.9. The minimum absolute atomic E-state index is 0.263. The maximum Gasteiger partial charge on any atom is 0.237 e. The molecule has 0 aromatic heterocycles. The number of carbonyl (C=O) groups excluding carboxylic acids is 1. The molecule has 1 aliphatic rings. The van der Waals surface area contributed by atoms with Gasteiger partial charge in [0.2, 0.25) is 5.91 Å². The summed E-state index contributed by atoms with van der Waals surface area (Å²) in [4.78, 5) is 16.2. The van der Waals surface area contributed by atoms with Crippen LogP contribution in [0.15, 0.2) is 0 Å². The van der Waals surface area contributed by atoms with Gasteiger partial charge in [-0.15, -0.1) is 0 Å². The molecule has 1 saturated heterocycles. The van der Waals surface area contributed by atoms with Crippen molar-refractivity contribution < 1.29 is 4.79 Å². The number of hydrogen-bond acceptors (Lipinski definition) is 4. The van der Waals surface area contributed by atoms with Gasteiger partial charge in [-0.1, -0.05) is 0 Å². The molecule has 0 radical (unpaired) electrons. The molecule has 0 bridgehead atoms. The average molecular weight is 270 g/mol. The fraction of sp³-hybridized carbons (Fsp3) is 0.929. The molecule has 1 unspecified atom stereocenters. The highest BCUT2D eigenvalue weighted by Crippen LogP contribution is 2.16. The van der Waals surface area contributed by atoms with Crippen molar-refractivity contribution in [2.24, 2.45) is 5.73 Å². The zero-order valence-electron chi connectivity index (χ0n) is 12.9. The van der Waals surface area contributed by atoms with Gasteiger partial charge in [0.25, 0.3) is 0 Å². The van der Waals surface area contributed by atoms with Gasteiger partial charge >= 0.3 is 0 Å². The van der Waals surface area contributed by atoms with Crippen molar-refractivity contribution in [2.75, 3.05) is 40.8 Å². The van der Waals surface area contributed by atoms with Crippen LogP contribution in [0.25, 0.3) is 0 Å². The van der Waals surface area contributed by atoms with Crippen LogP contribution in [-0.4, -0.2) is 68.1 Å².